The molecule has 1 rings (SSSR count). The van der Waals surface area contributed by atoms with Crippen molar-refractivity contribution in [2.45, 2.75) is 39.9 Å². The van der Waals surface area contributed by atoms with E-state index in [0.717, 1.165) is 16.7 Å². The largest absolute Gasteiger partial charge is 0.444 e. The average molecular weight is 275 g/mol. The second-order valence-electron chi connectivity index (χ2n) is 5.46. The van der Waals surface area contributed by atoms with Gasteiger partial charge in [0.25, 0.3) is 0 Å². The lowest BCUT2D eigenvalue weighted by Crippen LogP contribution is -2.32. The molecule has 0 aliphatic heterocycles. The third-order valence-electron chi connectivity index (χ3n) is 2.47. The van der Waals surface area contributed by atoms with Crippen LogP contribution in [0.2, 0.25) is 0 Å². The number of amides is 1. The van der Waals surface area contributed by atoms with E-state index in [1.165, 1.54) is 0 Å². The summed E-state index contributed by atoms with van der Waals surface area (Å²) in [6, 6.07) is 5.60. The quantitative estimate of drug-likeness (QED) is 0.815. The lowest BCUT2D eigenvalue weighted by atomic mass is 10.1. The van der Waals surface area contributed by atoms with Gasteiger partial charge in [0.1, 0.15) is 5.60 Å². The number of carbonyl (C=O) groups is 1. The van der Waals surface area contributed by atoms with E-state index < -0.39 is 11.7 Å². The Morgan fingerprint density at radius 3 is 2.65 bits per heavy atom. The molecule has 108 valence electrons. The number of benzene rings is 1. The van der Waals surface area contributed by atoms with Crippen molar-refractivity contribution in [3.8, 4) is 11.8 Å². The van der Waals surface area contributed by atoms with Crippen LogP contribution in [0.15, 0.2) is 18.2 Å². The molecule has 0 atom stereocenters. The van der Waals surface area contributed by atoms with E-state index in [9.17, 15) is 4.79 Å². The van der Waals surface area contributed by atoms with E-state index in [1.807, 2.05) is 45.9 Å². The highest BCUT2D eigenvalue weighted by molar-refractivity contribution is 5.68. The highest BCUT2D eigenvalue weighted by Gasteiger charge is 2.14. The monoisotopic (exact) mass is 275 g/mol. The summed E-state index contributed by atoms with van der Waals surface area (Å²) in [6.45, 7) is 7.61. The average Bonchev–Trinajstić information content (AvgIpc) is 2.33. The summed E-state index contributed by atoms with van der Waals surface area (Å²) in [5.74, 6) is 5.81. The number of aliphatic hydroxyl groups excluding tert-OH is 1. The summed E-state index contributed by atoms with van der Waals surface area (Å²) in [6.07, 6.45) is -0.474. The molecule has 0 spiro atoms. The van der Waals surface area contributed by atoms with Crippen LogP contribution in [0.4, 0.5) is 4.79 Å². The van der Waals surface area contributed by atoms with Crippen LogP contribution in [0.5, 0.6) is 0 Å². The topological polar surface area (TPSA) is 58.6 Å². The highest BCUT2D eigenvalue weighted by atomic mass is 16.6. The molecular formula is C16H21NO3. The van der Waals surface area contributed by atoms with Crippen LogP contribution >= 0.6 is 0 Å². The van der Waals surface area contributed by atoms with Crippen molar-refractivity contribution in [3.05, 3.63) is 34.9 Å². The van der Waals surface area contributed by atoms with E-state index in [4.69, 9.17) is 9.84 Å². The third kappa shape index (κ3) is 5.77. The molecule has 20 heavy (non-hydrogen) atoms. The fourth-order valence-corrected chi connectivity index (χ4v) is 1.53. The Bertz CT molecular complexity index is 533. The van der Waals surface area contributed by atoms with Gasteiger partial charge in [-0.1, -0.05) is 17.9 Å². The maximum Gasteiger partial charge on any atom is 0.408 e. The summed E-state index contributed by atoms with van der Waals surface area (Å²) >= 11 is 0. The van der Waals surface area contributed by atoms with Crippen LogP contribution in [-0.2, 0) is 11.3 Å². The number of aryl methyl sites for hydroxylation is 1. The van der Waals surface area contributed by atoms with Crippen LogP contribution in [0.3, 0.4) is 0 Å². The van der Waals surface area contributed by atoms with Gasteiger partial charge in [-0.05, 0) is 51.0 Å². The molecule has 4 nitrogen and oxygen atoms in total. The summed E-state index contributed by atoms with van der Waals surface area (Å²) < 4.78 is 5.09. The minimum Gasteiger partial charge on any atom is -0.444 e. The van der Waals surface area contributed by atoms with E-state index in [1.54, 1.807) is 0 Å². The fraction of sp³-hybridized carbons (Fsp3) is 0.438. The predicted molar refractivity (Wildman–Crippen MR) is 78.2 cm³/mol. The predicted octanol–water partition coefficient (Wildman–Crippen LogP) is 2.36. The van der Waals surface area contributed by atoms with Crippen LogP contribution in [-0.4, -0.2) is 23.3 Å². The van der Waals surface area contributed by atoms with Crippen LogP contribution < -0.4 is 5.32 Å². The number of aliphatic hydroxyl groups is 1. The molecule has 0 fully saturated rings. The third-order valence-corrected chi connectivity index (χ3v) is 2.47. The van der Waals surface area contributed by atoms with Crippen LogP contribution in [0, 0.1) is 18.8 Å². The number of hydrogen-bond acceptors (Lipinski definition) is 3. The number of hydrogen-bond donors (Lipinski definition) is 2. The van der Waals surface area contributed by atoms with Crippen LogP contribution in [0.25, 0.3) is 0 Å². The zero-order chi connectivity index (χ0) is 15.2. The number of alkyl carbamates (subject to hydrolysis) is 1. The number of nitrogens with one attached hydrogen (secondary N) is 1. The van der Waals surface area contributed by atoms with Crippen molar-refractivity contribution in [2.75, 3.05) is 6.54 Å². The van der Waals surface area contributed by atoms with Gasteiger partial charge < -0.3 is 15.2 Å². The zero-order valence-corrected chi connectivity index (χ0v) is 12.4. The standard InChI is InChI=1S/C16H21NO3/c1-12-10-13(7-8-14(12)11-18)6-5-9-17-15(19)20-16(2,3)4/h7-8,10,18H,9,11H2,1-4H3,(H,17,19). The number of ether oxygens (including phenoxy) is 1. The minimum atomic E-state index is -0.505. The van der Waals surface area contributed by atoms with Gasteiger partial charge in [-0.3, -0.25) is 0 Å². The molecule has 1 aromatic carbocycles. The fourth-order valence-electron chi connectivity index (χ4n) is 1.53. The summed E-state index contributed by atoms with van der Waals surface area (Å²) in [5, 5.41) is 11.7. The summed E-state index contributed by atoms with van der Waals surface area (Å²) in [7, 11) is 0. The molecule has 2 N–H and O–H groups in total. The Hall–Kier alpha value is -1.99. The highest BCUT2D eigenvalue weighted by Crippen LogP contribution is 2.10. The number of carbonyl (C=O) groups excluding carboxylic acids is 1. The van der Waals surface area contributed by atoms with Gasteiger partial charge in [0.2, 0.25) is 0 Å². The molecule has 1 aromatic rings. The van der Waals surface area contributed by atoms with Gasteiger partial charge in [0, 0.05) is 5.56 Å². The van der Waals surface area contributed by atoms with Gasteiger partial charge in [-0.15, -0.1) is 0 Å². The molecule has 0 unspecified atom stereocenters. The molecule has 0 heterocycles. The minimum absolute atomic E-state index is 0.0275. The van der Waals surface area contributed by atoms with Crippen molar-refractivity contribution in [1.29, 1.82) is 0 Å². The molecule has 0 saturated heterocycles. The SMILES string of the molecule is Cc1cc(C#CCNC(=O)OC(C)(C)C)ccc1CO. The van der Waals surface area contributed by atoms with E-state index in [2.05, 4.69) is 17.2 Å². The van der Waals surface area contributed by atoms with E-state index in [0.29, 0.717) is 0 Å². The first kappa shape index (κ1) is 16.1. The van der Waals surface area contributed by atoms with Gasteiger partial charge in [0.15, 0.2) is 0 Å². The Balaban J connectivity index is 2.51. The maximum atomic E-state index is 11.4. The second kappa shape index (κ2) is 6.97. The molecule has 4 heteroatoms. The maximum absolute atomic E-state index is 11.4. The first-order valence-electron chi connectivity index (χ1n) is 6.48. The van der Waals surface area contributed by atoms with Gasteiger partial charge in [-0.25, -0.2) is 4.79 Å². The smallest absolute Gasteiger partial charge is 0.408 e. The Labute approximate surface area is 120 Å². The van der Waals surface area contributed by atoms with Crippen molar-refractivity contribution >= 4 is 6.09 Å². The molecule has 0 aliphatic carbocycles. The van der Waals surface area contributed by atoms with E-state index in [-0.39, 0.29) is 13.2 Å². The molecule has 0 radical (unpaired) electrons. The van der Waals surface area contributed by atoms with Crippen molar-refractivity contribution < 1.29 is 14.6 Å². The lowest BCUT2D eigenvalue weighted by molar-refractivity contribution is 0.0535. The Morgan fingerprint density at radius 2 is 2.10 bits per heavy atom. The van der Waals surface area contributed by atoms with Crippen molar-refractivity contribution in [1.82, 2.24) is 5.32 Å². The molecule has 0 aromatic heterocycles. The van der Waals surface area contributed by atoms with E-state index >= 15 is 0 Å². The second-order valence-corrected chi connectivity index (χ2v) is 5.46. The van der Waals surface area contributed by atoms with Gasteiger partial charge in [-0.2, -0.15) is 0 Å². The molecule has 0 saturated carbocycles. The molecule has 1 amide bonds. The first-order valence-corrected chi connectivity index (χ1v) is 6.48. The van der Waals surface area contributed by atoms with Crippen LogP contribution in [0.1, 0.15) is 37.5 Å². The first-order chi connectivity index (χ1) is 9.31. The normalized spacial score (nSPS) is 10.4. The molecule has 0 bridgehead atoms. The molecule has 0 aliphatic rings. The van der Waals surface area contributed by atoms with Gasteiger partial charge >= 0.3 is 6.09 Å². The van der Waals surface area contributed by atoms with Crippen molar-refractivity contribution in [2.24, 2.45) is 0 Å². The Kier molecular flexibility index (Phi) is 5.60. The lowest BCUT2D eigenvalue weighted by Gasteiger charge is -2.19. The summed E-state index contributed by atoms with van der Waals surface area (Å²) in [4.78, 5) is 11.4. The summed E-state index contributed by atoms with van der Waals surface area (Å²) in [5.41, 5.74) is 2.24. The zero-order valence-electron chi connectivity index (χ0n) is 12.4. The van der Waals surface area contributed by atoms with Gasteiger partial charge in [0.05, 0.1) is 13.2 Å². The molecular weight excluding hydrogens is 254 g/mol. The number of rotatable bonds is 2. The van der Waals surface area contributed by atoms with Crippen molar-refractivity contribution in [3.63, 3.8) is 0 Å². The Morgan fingerprint density at radius 1 is 1.40 bits per heavy atom.